The Morgan fingerprint density at radius 3 is 2.75 bits per heavy atom. The van der Waals surface area contributed by atoms with E-state index in [0.29, 0.717) is 17.5 Å². The van der Waals surface area contributed by atoms with Crippen molar-refractivity contribution in [2.45, 2.75) is 38.6 Å². The Balaban J connectivity index is 2.46. The van der Waals surface area contributed by atoms with Crippen molar-refractivity contribution in [1.29, 1.82) is 0 Å². The summed E-state index contributed by atoms with van der Waals surface area (Å²) in [5, 5.41) is 3.24. The first-order valence-electron chi connectivity index (χ1n) is 5.94. The molecular weight excluding hydrogens is 208 g/mol. The number of fused-ring (bicyclic) bond motifs is 1. The van der Waals surface area contributed by atoms with Crippen molar-refractivity contribution in [3.8, 4) is 0 Å². The summed E-state index contributed by atoms with van der Waals surface area (Å²) in [5.41, 5.74) is 1.13. The minimum atomic E-state index is -0.274. The Kier molecular flexibility index (Phi) is 3.54. The maximum atomic E-state index is 13.8. The van der Waals surface area contributed by atoms with E-state index in [-0.39, 0.29) is 17.7 Å². The molecule has 2 rings (SSSR count). The van der Waals surface area contributed by atoms with Crippen LogP contribution in [-0.4, -0.2) is 6.54 Å². The van der Waals surface area contributed by atoms with Gasteiger partial charge in [-0.25, -0.2) is 8.78 Å². The third kappa shape index (κ3) is 2.09. The Hall–Kier alpha value is -0.960. The lowest BCUT2D eigenvalue weighted by Crippen LogP contribution is -2.22. The monoisotopic (exact) mass is 225 g/mol. The van der Waals surface area contributed by atoms with Gasteiger partial charge >= 0.3 is 0 Å². The number of hydrogen-bond donors (Lipinski definition) is 1. The molecule has 0 bridgehead atoms. The Morgan fingerprint density at radius 2 is 2.00 bits per heavy atom. The highest BCUT2D eigenvalue weighted by atomic mass is 19.1. The summed E-state index contributed by atoms with van der Waals surface area (Å²) >= 11 is 0. The van der Waals surface area contributed by atoms with Gasteiger partial charge in [-0.3, -0.25) is 0 Å². The summed E-state index contributed by atoms with van der Waals surface area (Å²) in [6.07, 6.45) is 3.50. The zero-order valence-electron chi connectivity index (χ0n) is 9.52. The van der Waals surface area contributed by atoms with Crippen molar-refractivity contribution < 1.29 is 8.78 Å². The van der Waals surface area contributed by atoms with Crippen LogP contribution < -0.4 is 5.32 Å². The molecule has 1 unspecified atom stereocenters. The normalized spacial score (nSPS) is 20.3. The quantitative estimate of drug-likeness (QED) is 0.761. The van der Waals surface area contributed by atoms with Gasteiger partial charge in [-0.2, -0.15) is 0 Å². The molecule has 0 saturated heterocycles. The number of rotatable bonds is 2. The van der Waals surface area contributed by atoms with Gasteiger partial charge in [-0.15, -0.1) is 0 Å². The summed E-state index contributed by atoms with van der Waals surface area (Å²) < 4.78 is 27.4. The first kappa shape index (κ1) is 11.5. The fraction of sp³-hybridized carbons (Fsp3) is 0.538. The predicted molar refractivity (Wildman–Crippen MR) is 60.3 cm³/mol. The van der Waals surface area contributed by atoms with Crippen molar-refractivity contribution in [1.82, 2.24) is 5.32 Å². The molecule has 1 aromatic rings. The van der Waals surface area contributed by atoms with E-state index in [2.05, 4.69) is 5.32 Å². The third-order valence-corrected chi connectivity index (χ3v) is 3.22. The highest BCUT2D eigenvalue weighted by Gasteiger charge is 2.23. The number of hydrogen-bond acceptors (Lipinski definition) is 1. The van der Waals surface area contributed by atoms with Gasteiger partial charge in [-0.1, -0.05) is 13.3 Å². The van der Waals surface area contributed by atoms with Gasteiger partial charge < -0.3 is 5.32 Å². The summed E-state index contributed by atoms with van der Waals surface area (Å²) in [4.78, 5) is 0. The predicted octanol–water partition coefficient (Wildman–Crippen LogP) is 3.34. The van der Waals surface area contributed by atoms with Gasteiger partial charge in [0.1, 0.15) is 11.6 Å². The van der Waals surface area contributed by atoms with Crippen molar-refractivity contribution in [2.24, 2.45) is 0 Å². The van der Waals surface area contributed by atoms with E-state index < -0.39 is 0 Å². The second-order valence-electron chi connectivity index (χ2n) is 4.28. The molecule has 0 heterocycles. The van der Waals surface area contributed by atoms with Crippen molar-refractivity contribution >= 4 is 0 Å². The lowest BCUT2D eigenvalue weighted by atomic mass is 9.98. The smallest absolute Gasteiger partial charge is 0.128 e. The molecule has 0 fully saturated rings. The van der Waals surface area contributed by atoms with Crippen LogP contribution in [0.25, 0.3) is 0 Å². The van der Waals surface area contributed by atoms with Gasteiger partial charge in [-0.05, 0) is 43.5 Å². The molecule has 1 aliphatic rings. The largest absolute Gasteiger partial charge is 0.310 e. The average Bonchev–Trinajstić information content (AvgIpc) is 2.48. The van der Waals surface area contributed by atoms with Crippen molar-refractivity contribution in [3.63, 3.8) is 0 Å². The van der Waals surface area contributed by atoms with E-state index in [1.165, 1.54) is 12.1 Å². The standard InChI is InChI=1S/C13H17F2N/c1-2-16-12-6-4-3-5-9-10(14)7-8-11(15)13(9)12/h7-8,12,16H,2-6H2,1H3. The molecular formula is C13H17F2N. The molecule has 88 valence electrons. The zero-order chi connectivity index (χ0) is 11.5. The van der Waals surface area contributed by atoms with E-state index in [1.54, 1.807) is 0 Å². The van der Waals surface area contributed by atoms with Crippen LogP contribution in [0.4, 0.5) is 8.78 Å². The molecule has 0 radical (unpaired) electrons. The average molecular weight is 225 g/mol. The molecule has 0 amide bonds. The van der Waals surface area contributed by atoms with Crippen LogP contribution in [0.2, 0.25) is 0 Å². The molecule has 0 aliphatic heterocycles. The Bertz CT molecular complexity index is 376. The van der Waals surface area contributed by atoms with Crippen molar-refractivity contribution in [3.05, 3.63) is 34.9 Å². The van der Waals surface area contributed by atoms with Crippen LogP contribution in [0.15, 0.2) is 12.1 Å². The van der Waals surface area contributed by atoms with Gasteiger partial charge in [0.15, 0.2) is 0 Å². The fourth-order valence-corrected chi connectivity index (χ4v) is 2.49. The second-order valence-corrected chi connectivity index (χ2v) is 4.28. The maximum Gasteiger partial charge on any atom is 0.128 e. The third-order valence-electron chi connectivity index (χ3n) is 3.22. The first-order valence-corrected chi connectivity index (χ1v) is 5.94. The lowest BCUT2D eigenvalue weighted by molar-refractivity contribution is 0.476. The molecule has 3 heteroatoms. The Morgan fingerprint density at radius 1 is 1.25 bits per heavy atom. The molecule has 16 heavy (non-hydrogen) atoms. The molecule has 1 aliphatic carbocycles. The zero-order valence-corrected chi connectivity index (χ0v) is 9.52. The molecule has 1 N–H and O–H groups in total. The van der Waals surface area contributed by atoms with Crippen LogP contribution in [-0.2, 0) is 6.42 Å². The maximum absolute atomic E-state index is 13.8. The molecule has 1 aromatic carbocycles. The molecule has 0 saturated carbocycles. The van der Waals surface area contributed by atoms with Gasteiger partial charge in [0, 0.05) is 11.6 Å². The number of benzene rings is 1. The van der Waals surface area contributed by atoms with Crippen LogP contribution in [0, 0.1) is 11.6 Å². The summed E-state index contributed by atoms with van der Waals surface area (Å²) in [5.74, 6) is -0.537. The highest BCUT2D eigenvalue weighted by molar-refractivity contribution is 5.34. The molecule has 1 nitrogen and oxygen atoms in total. The van der Waals surface area contributed by atoms with E-state index in [9.17, 15) is 8.78 Å². The van der Waals surface area contributed by atoms with Crippen LogP contribution in [0.1, 0.15) is 43.4 Å². The van der Waals surface area contributed by atoms with Gasteiger partial charge in [0.2, 0.25) is 0 Å². The lowest BCUT2D eigenvalue weighted by Gasteiger charge is -2.19. The van der Waals surface area contributed by atoms with Crippen LogP contribution in [0.5, 0.6) is 0 Å². The van der Waals surface area contributed by atoms with Crippen LogP contribution in [0.3, 0.4) is 0 Å². The molecule has 0 spiro atoms. The summed E-state index contributed by atoms with van der Waals surface area (Å²) in [6, 6.07) is 2.45. The fourth-order valence-electron chi connectivity index (χ4n) is 2.49. The van der Waals surface area contributed by atoms with E-state index in [1.807, 2.05) is 6.92 Å². The van der Waals surface area contributed by atoms with Gasteiger partial charge in [0.25, 0.3) is 0 Å². The van der Waals surface area contributed by atoms with E-state index >= 15 is 0 Å². The van der Waals surface area contributed by atoms with Crippen molar-refractivity contribution in [2.75, 3.05) is 6.54 Å². The van der Waals surface area contributed by atoms with E-state index in [4.69, 9.17) is 0 Å². The number of halogens is 2. The number of nitrogens with one attached hydrogen (secondary N) is 1. The Labute approximate surface area is 94.9 Å². The topological polar surface area (TPSA) is 12.0 Å². The second kappa shape index (κ2) is 4.91. The van der Waals surface area contributed by atoms with E-state index in [0.717, 1.165) is 25.8 Å². The summed E-state index contributed by atoms with van der Waals surface area (Å²) in [6.45, 7) is 2.77. The molecule has 1 atom stereocenters. The minimum Gasteiger partial charge on any atom is -0.310 e. The summed E-state index contributed by atoms with van der Waals surface area (Å²) in [7, 11) is 0. The minimum absolute atomic E-state index is 0.0294. The first-order chi connectivity index (χ1) is 7.74. The molecule has 0 aromatic heterocycles. The SMILES string of the molecule is CCNC1CCCCc2c(F)ccc(F)c21. The van der Waals surface area contributed by atoms with Gasteiger partial charge in [0.05, 0.1) is 0 Å². The van der Waals surface area contributed by atoms with Crippen LogP contribution >= 0.6 is 0 Å². The highest BCUT2D eigenvalue weighted by Crippen LogP contribution is 2.32.